The number of hydrogen-bond acceptors (Lipinski definition) is 1. The van der Waals surface area contributed by atoms with E-state index in [0.717, 1.165) is 22.3 Å². The monoisotopic (exact) mass is 225 g/mol. The Morgan fingerprint density at radius 2 is 1.53 bits per heavy atom. The van der Waals surface area contributed by atoms with Crippen molar-refractivity contribution in [1.82, 2.24) is 0 Å². The number of nitrogens with two attached hydrogens (primary N) is 1. The van der Waals surface area contributed by atoms with Crippen LogP contribution in [-0.2, 0) is 0 Å². The molecule has 0 radical (unpaired) electrons. The number of rotatable bonds is 2. The van der Waals surface area contributed by atoms with Crippen molar-refractivity contribution in [3.05, 3.63) is 59.2 Å². The van der Waals surface area contributed by atoms with Crippen LogP contribution in [0.1, 0.15) is 21.5 Å². The Bertz CT molecular complexity index is 553. The van der Waals surface area contributed by atoms with E-state index in [2.05, 4.69) is 0 Å². The molecular weight excluding hydrogens is 210 g/mol. The van der Waals surface area contributed by atoms with Gasteiger partial charge in [0.05, 0.1) is 0 Å². The number of hydrogen-bond donors (Lipinski definition) is 1. The van der Waals surface area contributed by atoms with Gasteiger partial charge in [-0.1, -0.05) is 36.4 Å². The molecule has 0 unspecified atom stereocenters. The highest BCUT2D eigenvalue weighted by Gasteiger charge is 2.12. The van der Waals surface area contributed by atoms with Crippen molar-refractivity contribution >= 4 is 5.91 Å². The van der Waals surface area contributed by atoms with E-state index in [9.17, 15) is 4.79 Å². The molecule has 1 amide bonds. The van der Waals surface area contributed by atoms with Gasteiger partial charge in [-0.25, -0.2) is 0 Å². The number of amides is 1. The Morgan fingerprint density at radius 1 is 0.941 bits per heavy atom. The lowest BCUT2D eigenvalue weighted by molar-refractivity contribution is 0.100. The van der Waals surface area contributed by atoms with Crippen molar-refractivity contribution < 1.29 is 4.79 Å². The highest BCUT2D eigenvalue weighted by atomic mass is 16.1. The topological polar surface area (TPSA) is 43.1 Å². The van der Waals surface area contributed by atoms with Crippen molar-refractivity contribution in [2.75, 3.05) is 0 Å². The van der Waals surface area contributed by atoms with Crippen LogP contribution in [-0.4, -0.2) is 5.91 Å². The second-order valence-electron chi connectivity index (χ2n) is 4.18. The number of benzene rings is 2. The minimum atomic E-state index is -0.386. The zero-order valence-corrected chi connectivity index (χ0v) is 10.0. The van der Waals surface area contributed by atoms with Crippen molar-refractivity contribution in [1.29, 1.82) is 0 Å². The van der Waals surface area contributed by atoms with Gasteiger partial charge in [-0.2, -0.15) is 0 Å². The SMILES string of the molecule is Cc1cccc(C)c1-c1ccccc1C(N)=O. The van der Waals surface area contributed by atoms with E-state index in [4.69, 9.17) is 5.73 Å². The van der Waals surface area contributed by atoms with E-state index in [1.54, 1.807) is 6.07 Å². The van der Waals surface area contributed by atoms with Crippen molar-refractivity contribution in [3.8, 4) is 11.1 Å². The Hall–Kier alpha value is -2.09. The molecule has 2 nitrogen and oxygen atoms in total. The summed E-state index contributed by atoms with van der Waals surface area (Å²) in [7, 11) is 0. The van der Waals surface area contributed by atoms with E-state index in [1.165, 1.54) is 0 Å². The molecule has 17 heavy (non-hydrogen) atoms. The van der Waals surface area contributed by atoms with Crippen LogP contribution in [0.15, 0.2) is 42.5 Å². The first-order chi connectivity index (χ1) is 8.11. The van der Waals surface area contributed by atoms with E-state index in [0.29, 0.717) is 5.56 Å². The summed E-state index contributed by atoms with van der Waals surface area (Å²) in [5.74, 6) is -0.386. The predicted octanol–water partition coefficient (Wildman–Crippen LogP) is 3.07. The van der Waals surface area contributed by atoms with E-state index in [-0.39, 0.29) is 5.91 Å². The van der Waals surface area contributed by atoms with Gasteiger partial charge in [-0.3, -0.25) is 4.79 Å². The molecule has 2 rings (SSSR count). The molecule has 0 bridgehead atoms. The van der Waals surface area contributed by atoms with Crippen LogP contribution in [0, 0.1) is 13.8 Å². The average molecular weight is 225 g/mol. The zero-order chi connectivity index (χ0) is 12.4. The zero-order valence-electron chi connectivity index (χ0n) is 10.0. The second kappa shape index (κ2) is 4.42. The molecule has 0 aliphatic carbocycles. The number of aryl methyl sites for hydroxylation is 2. The molecule has 2 aromatic rings. The maximum absolute atomic E-state index is 11.4. The van der Waals surface area contributed by atoms with Crippen LogP contribution < -0.4 is 5.73 Å². The summed E-state index contributed by atoms with van der Waals surface area (Å²) in [6.07, 6.45) is 0. The summed E-state index contributed by atoms with van der Waals surface area (Å²) in [5.41, 5.74) is 10.3. The highest BCUT2D eigenvalue weighted by Crippen LogP contribution is 2.29. The Balaban J connectivity index is 2.73. The van der Waals surface area contributed by atoms with Gasteiger partial charge in [-0.15, -0.1) is 0 Å². The summed E-state index contributed by atoms with van der Waals surface area (Å²) in [5, 5.41) is 0. The molecule has 0 aromatic heterocycles. The van der Waals surface area contributed by atoms with Crippen LogP contribution in [0.4, 0.5) is 0 Å². The summed E-state index contributed by atoms with van der Waals surface area (Å²) >= 11 is 0. The lowest BCUT2D eigenvalue weighted by Crippen LogP contribution is -2.12. The van der Waals surface area contributed by atoms with Gasteiger partial charge < -0.3 is 5.73 Å². The fourth-order valence-electron chi connectivity index (χ4n) is 2.16. The maximum atomic E-state index is 11.4. The van der Waals surface area contributed by atoms with Crippen molar-refractivity contribution in [3.63, 3.8) is 0 Å². The van der Waals surface area contributed by atoms with Crippen molar-refractivity contribution in [2.45, 2.75) is 13.8 Å². The quantitative estimate of drug-likeness (QED) is 0.838. The molecule has 0 atom stereocenters. The summed E-state index contributed by atoms with van der Waals surface area (Å²) in [6.45, 7) is 4.08. The molecule has 0 fully saturated rings. The average Bonchev–Trinajstić information content (AvgIpc) is 2.29. The third-order valence-corrected chi connectivity index (χ3v) is 2.94. The maximum Gasteiger partial charge on any atom is 0.249 e. The lowest BCUT2D eigenvalue weighted by Gasteiger charge is -2.12. The Labute approximate surface area is 101 Å². The fourth-order valence-corrected chi connectivity index (χ4v) is 2.16. The Kier molecular flexibility index (Phi) is 2.96. The molecule has 0 saturated heterocycles. The molecule has 0 aliphatic rings. The van der Waals surface area contributed by atoms with Crippen LogP contribution >= 0.6 is 0 Å². The summed E-state index contributed by atoms with van der Waals surface area (Å²) in [6, 6.07) is 13.6. The Morgan fingerprint density at radius 3 is 2.12 bits per heavy atom. The van der Waals surface area contributed by atoms with Gasteiger partial charge in [0.1, 0.15) is 0 Å². The lowest BCUT2D eigenvalue weighted by atomic mass is 9.92. The standard InChI is InChI=1S/C15H15NO/c1-10-6-5-7-11(2)14(10)12-8-3-4-9-13(12)15(16)17/h3-9H,1-2H3,(H2,16,17). The minimum Gasteiger partial charge on any atom is -0.366 e. The molecule has 0 saturated carbocycles. The van der Waals surface area contributed by atoms with Gasteiger partial charge in [0, 0.05) is 5.56 Å². The normalized spacial score (nSPS) is 10.2. The number of primary amides is 1. The molecule has 0 heterocycles. The minimum absolute atomic E-state index is 0.386. The van der Waals surface area contributed by atoms with E-state index in [1.807, 2.05) is 50.2 Å². The first kappa shape index (κ1) is 11.4. The smallest absolute Gasteiger partial charge is 0.249 e. The molecular formula is C15H15NO. The van der Waals surface area contributed by atoms with Gasteiger partial charge >= 0.3 is 0 Å². The first-order valence-electron chi connectivity index (χ1n) is 5.56. The first-order valence-corrected chi connectivity index (χ1v) is 5.56. The van der Waals surface area contributed by atoms with Gasteiger partial charge in [0.2, 0.25) is 5.91 Å². The van der Waals surface area contributed by atoms with Crippen LogP contribution in [0.3, 0.4) is 0 Å². The van der Waals surface area contributed by atoms with E-state index >= 15 is 0 Å². The molecule has 86 valence electrons. The van der Waals surface area contributed by atoms with E-state index < -0.39 is 0 Å². The predicted molar refractivity (Wildman–Crippen MR) is 69.9 cm³/mol. The molecule has 0 aliphatic heterocycles. The van der Waals surface area contributed by atoms with Crippen LogP contribution in [0.5, 0.6) is 0 Å². The fraction of sp³-hybridized carbons (Fsp3) is 0.133. The van der Waals surface area contributed by atoms with Gasteiger partial charge in [-0.05, 0) is 42.2 Å². The number of carbonyl (C=O) groups excluding carboxylic acids is 1. The summed E-state index contributed by atoms with van der Waals surface area (Å²) < 4.78 is 0. The second-order valence-corrected chi connectivity index (χ2v) is 4.18. The van der Waals surface area contributed by atoms with Crippen molar-refractivity contribution in [2.24, 2.45) is 5.73 Å². The molecule has 2 heteroatoms. The molecule has 2 N–H and O–H groups in total. The molecule has 0 spiro atoms. The third kappa shape index (κ3) is 2.07. The highest BCUT2D eigenvalue weighted by molar-refractivity contribution is 6.00. The van der Waals surface area contributed by atoms with Crippen LogP contribution in [0.2, 0.25) is 0 Å². The summed E-state index contributed by atoms with van der Waals surface area (Å²) in [4.78, 5) is 11.4. The van der Waals surface area contributed by atoms with Crippen LogP contribution in [0.25, 0.3) is 11.1 Å². The number of carbonyl (C=O) groups is 1. The molecule has 2 aromatic carbocycles. The third-order valence-electron chi connectivity index (χ3n) is 2.94. The van der Waals surface area contributed by atoms with Gasteiger partial charge in [0.15, 0.2) is 0 Å². The largest absolute Gasteiger partial charge is 0.366 e. The van der Waals surface area contributed by atoms with Gasteiger partial charge in [0.25, 0.3) is 0 Å².